The summed E-state index contributed by atoms with van der Waals surface area (Å²) in [5.74, 6) is -0.704. The van der Waals surface area contributed by atoms with Crippen LogP contribution in [0.25, 0.3) is 22.0 Å². The summed E-state index contributed by atoms with van der Waals surface area (Å²) in [5, 5.41) is 4.02. The molecule has 0 spiro atoms. The number of likely N-dealkylation sites (tertiary alicyclic amines) is 1. The highest BCUT2D eigenvalue weighted by molar-refractivity contribution is 6.05. The van der Waals surface area contributed by atoms with Gasteiger partial charge < -0.3 is 11.1 Å². The molecule has 0 bridgehead atoms. The summed E-state index contributed by atoms with van der Waals surface area (Å²) in [6.07, 6.45) is 3.47. The van der Waals surface area contributed by atoms with E-state index in [1.54, 1.807) is 24.3 Å². The van der Waals surface area contributed by atoms with E-state index in [0.29, 0.717) is 11.3 Å². The molecule has 4 aromatic rings. The number of benzene rings is 3. The number of carbonyl (C=O) groups is 2. The number of aryl methyl sites for hydroxylation is 1. The fourth-order valence-electron chi connectivity index (χ4n) is 4.84. The molecule has 2 amide bonds. The lowest BCUT2D eigenvalue weighted by molar-refractivity contribution is -0.123. The molecule has 0 radical (unpaired) electrons. The number of rotatable bonds is 6. The summed E-state index contributed by atoms with van der Waals surface area (Å²) in [6, 6.07) is 19.6. The highest BCUT2D eigenvalue weighted by Gasteiger charge is 2.23. The van der Waals surface area contributed by atoms with Crippen molar-refractivity contribution in [3.63, 3.8) is 0 Å². The van der Waals surface area contributed by atoms with Crippen LogP contribution in [0.1, 0.15) is 34.3 Å². The molecule has 2 heterocycles. The Morgan fingerprint density at radius 2 is 1.65 bits per heavy atom. The van der Waals surface area contributed by atoms with Gasteiger partial charge in [-0.3, -0.25) is 19.5 Å². The molecule has 1 saturated heterocycles. The number of amides is 2. The molecule has 1 aromatic heterocycles. The maximum atomic E-state index is 13.2. The topological polar surface area (TPSA) is 88.3 Å². The van der Waals surface area contributed by atoms with Gasteiger partial charge in [0.05, 0.1) is 5.52 Å². The molecule has 37 heavy (non-hydrogen) atoms. The number of aromatic nitrogens is 1. The lowest BCUT2D eigenvalue weighted by atomic mass is 9.96. The van der Waals surface area contributed by atoms with E-state index in [1.807, 2.05) is 37.4 Å². The van der Waals surface area contributed by atoms with Crippen LogP contribution in [0.5, 0.6) is 0 Å². The maximum Gasteiger partial charge on any atom is 0.255 e. The number of nitrogens with zero attached hydrogens (tertiary/aromatic N) is 2. The van der Waals surface area contributed by atoms with E-state index in [1.165, 1.54) is 12.1 Å². The van der Waals surface area contributed by atoms with E-state index in [2.05, 4.69) is 21.3 Å². The maximum absolute atomic E-state index is 13.2. The van der Waals surface area contributed by atoms with Gasteiger partial charge in [-0.25, -0.2) is 4.39 Å². The van der Waals surface area contributed by atoms with Crippen molar-refractivity contribution in [2.75, 3.05) is 18.4 Å². The normalized spacial score (nSPS) is 14.5. The molecule has 6 nitrogen and oxygen atoms in total. The quantitative estimate of drug-likeness (QED) is 0.379. The van der Waals surface area contributed by atoms with Gasteiger partial charge >= 0.3 is 0 Å². The Hall–Kier alpha value is -4.10. The highest BCUT2D eigenvalue weighted by Crippen LogP contribution is 2.26. The lowest BCUT2D eigenvalue weighted by Gasteiger charge is -2.30. The third kappa shape index (κ3) is 5.67. The van der Waals surface area contributed by atoms with Crippen molar-refractivity contribution in [2.24, 2.45) is 11.7 Å². The minimum absolute atomic E-state index is 0.0185. The Labute approximate surface area is 215 Å². The molecule has 3 aromatic carbocycles. The summed E-state index contributed by atoms with van der Waals surface area (Å²) in [5.41, 5.74) is 11.4. The number of halogens is 1. The highest BCUT2D eigenvalue weighted by atomic mass is 19.1. The van der Waals surface area contributed by atoms with Gasteiger partial charge in [-0.05, 0) is 97.6 Å². The van der Waals surface area contributed by atoms with E-state index in [9.17, 15) is 14.0 Å². The molecule has 5 rings (SSSR count). The molecular weight excluding hydrogens is 467 g/mol. The van der Waals surface area contributed by atoms with Gasteiger partial charge in [0.1, 0.15) is 5.82 Å². The monoisotopic (exact) mass is 496 g/mol. The van der Waals surface area contributed by atoms with E-state index in [4.69, 9.17) is 5.73 Å². The fraction of sp³-hybridized carbons (Fsp3) is 0.233. The number of piperidine rings is 1. The number of hydrogen-bond donors (Lipinski definition) is 2. The van der Waals surface area contributed by atoms with Crippen LogP contribution in [0.15, 0.2) is 72.9 Å². The number of pyridine rings is 1. The van der Waals surface area contributed by atoms with E-state index >= 15 is 0 Å². The number of fused-ring (bicyclic) bond motifs is 1. The minimum atomic E-state index is -0.280. The van der Waals surface area contributed by atoms with Crippen LogP contribution < -0.4 is 11.1 Å². The van der Waals surface area contributed by atoms with Crippen LogP contribution in [0.2, 0.25) is 0 Å². The Balaban J connectivity index is 1.26. The largest absolute Gasteiger partial charge is 0.369 e. The summed E-state index contributed by atoms with van der Waals surface area (Å²) in [7, 11) is 0. The van der Waals surface area contributed by atoms with Crippen LogP contribution in [-0.2, 0) is 11.3 Å². The smallest absolute Gasteiger partial charge is 0.255 e. The summed E-state index contributed by atoms with van der Waals surface area (Å²) in [4.78, 5) is 31.3. The molecule has 0 atom stereocenters. The zero-order chi connectivity index (χ0) is 25.9. The van der Waals surface area contributed by atoms with Gasteiger partial charge in [0.25, 0.3) is 5.91 Å². The first-order chi connectivity index (χ1) is 17.9. The average Bonchev–Trinajstić information content (AvgIpc) is 2.90. The number of primary amides is 1. The molecule has 0 saturated carbocycles. The molecule has 1 fully saturated rings. The second-order valence-electron chi connectivity index (χ2n) is 9.69. The molecule has 1 aliphatic rings. The third-order valence-electron chi connectivity index (χ3n) is 7.05. The Kier molecular flexibility index (Phi) is 6.97. The molecule has 7 heteroatoms. The van der Waals surface area contributed by atoms with Gasteiger partial charge in [0.15, 0.2) is 0 Å². The first-order valence-electron chi connectivity index (χ1n) is 12.4. The second kappa shape index (κ2) is 10.5. The fourth-order valence-corrected chi connectivity index (χ4v) is 4.84. The van der Waals surface area contributed by atoms with Gasteiger partial charge in [-0.15, -0.1) is 0 Å². The van der Waals surface area contributed by atoms with Gasteiger partial charge in [0.2, 0.25) is 5.91 Å². The standard InChI is InChI=1S/C30H29FN4O2/c1-19-14-25-15-20(18-35-12-10-23(11-13-35)29(32)36)17-33-28(25)16-27(19)34-30(37)24-4-2-21(3-5-24)22-6-8-26(31)9-7-22/h2-9,14-17,23H,10-13,18H2,1H3,(H2,32,36)(H,34,37). The van der Waals surface area contributed by atoms with Crippen LogP contribution in [-0.4, -0.2) is 34.8 Å². The van der Waals surface area contributed by atoms with Crippen molar-refractivity contribution in [1.82, 2.24) is 9.88 Å². The second-order valence-corrected chi connectivity index (χ2v) is 9.69. The lowest BCUT2D eigenvalue weighted by Crippen LogP contribution is -2.38. The van der Waals surface area contributed by atoms with Crippen molar-refractivity contribution < 1.29 is 14.0 Å². The number of nitrogens with one attached hydrogen (secondary N) is 1. The Bertz CT molecular complexity index is 1440. The zero-order valence-corrected chi connectivity index (χ0v) is 20.7. The summed E-state index contributed by atoms with van der Waals surface area (Å²) in [6.45, 7) is 4.44. The first-order valence-corrected chi connectivity index (χ1v) is 12.4. The Morgan fingerprint density at radius 1 is 1.00 bits per heavy atom. The van der Waals surface area contributed by atoms with Crippen molar-refractivity contribution in [1.29, 1.82) is 0 Å². The third-order valence-corrected chi connectivity index (χ3v) is 7.05. The Morgan fingerprint density at radius 3 is 2.30 bits per heavy atom. The summed E-state index contributed by atoms with van der Waals surface area (Å²) >= 11 is 0. The molecule has 1 aliphatic heterocycles. The molecule has 188 valence electrons. The first kappa shape index (κ1) is 24.6. The minimum Gasteiger partial charge on any atom is -0.369 e. The molecular formula is C30H29FN4O2. The van der Waals surface area contributed by atoms with E-state index in [0.717, 1.165) is 65.6 Å². The van der Waals surface area contributed by atoms with Gasteiger partial charge in [-0.1, -0.05) is 24.3 Å². The van der Waals surface area contributed by atoms with Crippen molar-refractivity contribution in [2.45, 2.75) is 26.3 Å². The van der Waals surface area contributed by atoms with Gasteiger partial charge in [0, 0.05) is 35.3 Å². The van der Waals surface area contributed by atoms with Crippen molar-refractivity contribution in [3.8, 4) is 11.1 Å². The van der Waals surface area contributed by atoms with Crippen LogP contribution in [0, 0.1) is 18.7 Å². The average molecular weight is 497 g/mol. The SMILES string of the molecule is Cc1cc2cc(CN3CCC(C(N)=O)CC3)cnc2cc1NC(=O)c1ccc(-c2ccc(F)cc2)cc1. The van der Waals surface area contributed by atoms with Crippen LogP contribution in [0.3, 0.4) is 0 Å². The number of anilines is 1. The number of hydrogen-bond acceptors (Lipinski definition) is 4. The number of nitrogens with two attached hydrogens (primary N) is 1. The van der Waals surface area contributed by atoms with Gasteiger partial charge in [-0.2, -0.15) is 0 Å². The predicted molar refractivity (Wildman–Crippen MR) is 143 cm³/mol. The van der Waals surface area contributed by atoms with Crippen LogP contribution >= 0.6 is 0 Å². The number of carbonyl (C=O) groups excluding carboxylic acids is 2. The molecule has 0 aliphatic carbocycles. The molecule has 3 N–H and O–H groups in total. The van der Waals surface area contributed by atoms with Crippen molar-refractivity contribution >= 4 is 28.4 Å². The zero-order valence-electron chi connectivity index (χ0n) is 20.7. The van der Waals surface area contributed by atoms with Crippen molar-refractivity contribution in [3.05, 3.63) is 95.4 Å². The predicted octanol–water partition coefficient (Wildman–Crippen LogP) is 5.30. The van der Waals surface area contributed by atoms with Crippen LogP contribution in [0.4, 0.5) is 10.1 Å². The summed E-state index contributed by atoms with van der Waals surface area (Å²) < 4.78 is 13.2. The molecule has 0 unspecified atom stereocenters. The van der Waals surface area contributed by atoms with E-state index in [-0.39, 0.29) is 23.5 Å². The van der Waals surface area contributed by atoms with E-state index < -0.39 is 0 Å².